The fourth-order valence-corrected chi connectivity index (χ4v) is 3.25. The van der Waals surface area contributed by atoms with Crippen LogP contribution < -0.4 is 16.0 Å². The van der Waals surface area contributed by atoms with Crippen LogP contribution >= 0.6 is 11.6 Å². The second-order valence-corrected chi connectivity index (χ2v) is 9.64. The number of rotatable bonds is 11. The van der Waals surface area contributed by atoms with Crippen molar-refractivity contribution in [3.63, 3.8) is 0 Å². The summed E-state index contributed by atoms with van der Waals surface area (Å²) in [6.45, 7) is 6.55. The zero-order chi connectivity index (χ0) is 26.6. The number of ether oxygens (including phenoxy) is 1. The summed E-state index contributed by atoms with van der Waals surface area (Å²) in [7, 11) is 0. The number of urea groups is 1. The van der Waals surface area contributed by atoms with E-state index in [1.807, 2.05) is 12.1 Å². The van der Waals surface area contributed by atoms with Gasteiger partial charge in [-0.1, -0.05) is 35.9 Å². The first kappa shape index (κ1) is 28.9. The number of nitrogens with zero attached hydrogens (tertiary/aromatic N) is 1. The summed E-state index contributed by atoms with van der Waals surface area (Å²) < 4.78 is 5.38. The van der Waals surface area contributed by atoms with Crippen molar-refractivity contribution >= 4 is 35.3 Å². The maximum atomic E-state index is 12.3. The number of aliphatic hydroxyl groups is 1. The van der Waals surface area contributed by atoms with Gasteiger partial charge in [0, 0.05) is 43.5 Å². The van der Waals surface area contributed by atoms with Crippen LogP contribution in [0.2, 0.25) is 5.02 Å². The van der Waals surface area contributed by atoms with Crippen LogP contribution in [0.15, 0.2) is 48.5 Å². The lowest BCUT2D eigenvalue weighted by molar-refractivity contribution is -0.120. The minimum atomic E-state index is -0.629. The van der Waals surface area contributed by atoms with E-state index in [2.05, 4.69) is 16.0 Å². The minimum Gasteiger partial charge on any atom is -0.444 e. The molecule has 196 valence electrons. The second kappa shape index (κ2) is 14.3. The number of hydrogen-bond donors (Lipinski definition) is 4. The topological polar surface area (TPSA) is 120 Å². The molecule has 2 aromatic carbocycles. The van der Waals surface area contributed by atoms with Crippen LogP contribution in [-0.2, 0) is 22.5 Å². The first-order valence-corrected chi connectivity index (χ1v) is 12.2. The maximum Gasteiger partial charge on any atom is 0.410 e. The first-order chi connectivity index (χ1) is 17.1. The van der Waals surface area contributed by atoms with Gasteiger partial charge in [-0.2, -0.15) is 0 Å². The molecule has 0 aliphatic heterocycles. The third-order valence-electron chi connectivity index (χ3n) is 4.88. The molecule has 0 aliphatic carbocycles. The number of nitrogens with one attached hydrogen (secondary N) is 3. The fourth-order valence-electron chi connectivity index (χ4n) is 3.13. The molecule has 2 aromatic rings. The molecule has 0 heterocycles. The highest BCUT2D eigenvalue weighted by atomic mass is 35.5. The largest absolute Gasteiger partial charge is 0.444 e. The minimum absolute atomic E-state index is 0.0412. The number of hydrogen-bond acceptors (Lipinski definition) is 5. The molecule has 0 atom stereocenters. The Kier molecular flexibility index (Phi) is 11.5. The van der Waals surface area contributed by atoms with Crippen molar-refractivity contribution in [1.82, 2.24) is 15.5 Å². The van der Waals surface area contributed by atoms with Crippen LogP contribution in [-0.4, -0.2) is 59.9 Å². The molecule has 0 aliphatic rings. The second-order valence-electron chi connectivity index (χ2n) is 9.20. The van der Waals surface area contributed by atoms with Crippen LogP contribution in [0, 0.1) is 0 Å². The lowest BCUT2D eigenvalue weighted by Gasteiger charge is -2.27. The Hall–Kier alpha value is -3.30. The molecule has 0 spiro atoms. The van der Waals surface area contributed by atoms with E-state index in [1.165, 1.54) is 4.90 Å². The summed E-state index contributed by atoms with van der Waals surface area (Å²) in [5.74, 6) is -0.192. The Balaban J connectivity index is 1.75. The van der Waals surface area contributed by atoms with Crippen LogP contribution in [0.5, 0.6) is 0 Å². The third-order valence-corrected chi connectivity index (χ3v) is 5.14. The van der Waals surface area contributed by atoms with E-state index >= 15 is 0 Å². The fraction of sp³-hybridized carbons (Fsp3) is 0.423. The normalized spacial score (nSPS) is 10.9. The zero-order valence-corrected chi connectivity index (χ0v) is 21.7. The van der Waals surface area contributed by atoms with Crippen molar-refractivity contribution in [3.8, 4) is 0 Å². The summed E-state index contributed by atoms with van der Waals surface area (Å²) in [5.41, 5.74) is 1.68. The van der Waals surface area contributed by atoms with E-state index in [9.17, 15) is 14.4 Å². The SMILES string of the molecule is CC(C)(C)OC(=O)N(CCCO)CCNC(=O)Cc1ccc(NC(=O)NCc2ccc(Cl)cc2)cc1. The van der Waals surface area contributed by atoms with Crippen LogP contribution in [0.3, 0.4) is 0 Å². The molecule has 10 heteroatoms. The van der Waals surface area contributed by atoms with E-state index in [1.54, 1.807) is 57.2 Å². The quantitative estimate of drug-likeness (QED) is 0.359. The molecular formula is C26H35ClN4O5. The molecule has 4 N–H and O–H groups in total. The average Bonchev–Trinajstić information content (AvgIpc) is 2.81. The molecule has 0 radical (unpaired) electrons. The number of benzene rings is 2. The van der Waals surface area contributed by atoms with Crippen LogP contribution in [0.1, 0.15) is 38.3 Å². The van der Waals surface area contributed by atoms with Gasteiger partial charge in [-0.25, -0.2) is 9.59 Å². The predicted molar refractivity (Wildman–Crippen MR) is 140 cm³/mol. The Bertz CT molecular complexity index is 991. The highest BCUT2D eigenvalue weighted by molar-refractivity contribution is 6.30. The lowest BCUT2D eigenvalue weighted by atomic mass is 10.1. The highest BCUT2D eigenvalue weighted by Crippen LogP contribution is 2.12. The first-order valence-electron chi connectivity index (χ1n) is 11.8. The smallest absolute Gasteiger partial charge is 0.410 e. The standard InChI is InChI=1S/C26H35ClN4O5/c1-26(2,3)36-25(35)31(14-4-16-32)15-13-28-23(33)17-19-7-11-22(12-8-19)30-24(34)29-18-20-5-9-21(27)10-6-20/h5-12,32H,4,13-18H2,1-3H3,(H,28,33)(H2,29,30,34). The van der Waals surface area contributed by atoms with Crippen molar-refractivity contribution in [3.05, 3.63) is 64.7 Å². The Morgan fingerprint density at radius 1 is 0.944 bits per heavy atom. The molecule has 9 nitrogen and oxygen atoms in total. The van der Waals surface area contributed by atoms with E-state index in [-0.39, 0.29) is 38.1 Å². The number of anilines is 1. The van der Waals surface area contributed by atoms with E-state index in [0.717, 1.165) is 11.1 Å². The molecule has 0 unspecified atom stereocenters. The summed E-state index contributed by atoms with van der Waals surface area (Å²) in [4.78, 5) is 38.3. The monoisotopic (exact) mass is 518 g/mol. The van der Waals surface area contributed by atoms with Crippen LogP contribution in [0.4, 0.5) is 15.3 Å². The molecule has 2 rings (SSSR count). The number of amides is 4. The van der Waals surface area contributed by atoms with Crippen LogP contribution in [0.25, 0.3) is 0 Å². The number of carbonyl (C=O) groups is 3. The predicted octanol–water partition coefficient (Wildman–Crippen LogP) is 3.94. The van der Waals surface area contributed by atoms with E-state index in [4.69, 9.17) is 21.4 Å². The molecule has 0 aromatic heterocycles. The van der Waals surface area contributed by atoms with Gasteiger partial charge in [-0.05, 0) is 62.6 Å². The molecule has 0 bridgehead atoms. The van der Waals surface area contributed by atoms with Gasteiger partial charge >= 0.3 is 12.1 Å². The average molecular weight is 519 g/mol. The van der Waals surface area contributed by atoms with E-state index in [0.29, 0.717) is 30.2 Å². The van der Waals surface area contributed by atoms with Gasteiger partial charge in [0.1, 0.15) is 5.60 Å². The Morgan fingerprint density at radius 3 is 2.19 bits per heavy atom. The molecule has 4 amide bonds. The molecule has 0 fully saturated rings. The Morgan fingerprint density at radius 2 is 1.58 bits per heavy atom. The maximum absolute atomic E-state index is 12.3. The zero-order valence-electron chi connectivity index (χ0n) is 21.0. The van der Waals surface area contributed by atoms with Gasteiger partial charge in [-0.3, -0.25) is 4.79 Å². The van der Waals surface area contributed by atoms with Gasteiger partial charge in [0.25, 0.3) is 0 Å². The van der Waals surface area contributed by atoms with Gasteiger partial charge in [0.2, 0.25) is 5.91 Å². The Labute approximate surface area is 217 Å². The molecule has 0 saturated heterocycles. The van der Waals surface area contributed by atoms with Gasteiger partial charge in [0.05, 0.1) is 6.42 Å². The lowest BCUT2D eigenvalue weighted by Crippen LogP contribution is -2.42. The highest BCUT2D eigenvalue weighted by Gasteiger charge is 2.21. The number of carbonyl (C=O) groups excluding carboxylic acids is 3. The van der Waals surface area contributed by atoms with Crippen molar-refractivity contribution in [2.75, 3.05) is 31.6 Å². The van der Waals surface area contributed by atoms with Crippen molar-refractivity contribution in [1.29, 1.82) is 0 Å². The summed E-state index contributed by atoms with van der Waals surface area (Å²) in [6.07, 6.45) is 0.101. The number of halogens is 1. The van der Waals surface area contributed by atoms with Crippen molar-refractivity contribution in [2.45, 2.75) is 45.8 Å². The van der Waals surface area contributed by atoms with Crippen molar-refractivity contribution < 1.29 is 24.2 Å². The third kappa shape index (κ3) is 11.4. The number of aliphatic hydroxyl groups excluding tert-OH is 1. The van der Waals surface area contributed by atoms with Crippen molar-refractivity contribution in [2.24, 2.45) is 0 Å². The van der Waals surface area contributed by atoms with E-state index < -0.39 is 11.7 Å². The van der Waals surface area contributed by atoms with Gasteiger partial charge < -0.3 is 30.7 Å². The van der Waals surface area contributed by atoms with Gasteiger partial charge in [0.15, 0.2) is 0 Å². The summed E-state index contributed by atoms with van der Waals surface area (Å²) >= 11 is 5.86. The molecule has 0 saturated carbocycles. The molecular weight excluding hydrogens is 484 g/mol. The van der Waals surface area contributed by atoms with Gasteiger partial charge in [-0.15, -0.1) is 0 Å². The summed E-state index contributed by atoms with van der Waals surface area (Å²) in [5, 5.41) is 18.0. The summed E-state index contributed by atoms with van der Waals surface area (Å²) in [6, 6.07) is 13.9. The molecule has 36 heavy (non-hydrogen) atoms.